The van der Waals surface area contributed by atoms with Crippen LogP contribution in [0.4, 0.5) is 10.1 Å². The molecule has 94 valence electrons. The standard InChI is InChI=1S/C11H8BrFN2O2S/c12-8-1-3-11(4-2-8)18(16,17)15-10-5-9(13)6-14-7-10/h1-7,15H. The van der Waals surface area contributed by atoms with Crippen LogP contribution in [0.3, 0.4) is 0 Å². The Morgan fingerprint density at radius 1 is 1.17 bits per heavy atom. The second-order valence-corrected chi connectivity index (χ2v) is 6.05. The first-order valence-corrected chi connectivity index (χ1v) is 7.14. The van der Waals surface area contributed by atoms with Crippen LogP contribution in [0.2, 0.25) is 0 Å². The van der Waals surface area contributed by atoms with Gasteiger partial charge in [0, 0.05) is 10.5 Å². The van der Waals surface area contributed by atoms with Crippen molar-refractivity contribution in [2.45, 2.75) is 4.90 Å². The molecular weight excluding hydrogens is 323 g/mol. The fraction of sp³-hybridized carbons (Fsp3) is 0. The summed E-state index contributed by atoms with van der Waals surface area (Å²) in [4.78, 5) is 3.66. The summed E-state index contributed by atoms with van der Waals surface area (Å²) < 4.78 is 39.8. The summed E-state index contributed by atoms with van der Waals surface area (Å²) in [5, 5.41) is 0. The zero-order valence-corrected chi connectivity index (χ0v) is 11.4. The van der Waals surface area contributed by atoms with Crippen LogP contribution in [-0.4, -0.2) is 13.4 Å². The molecule has 0 radical (unpaired) electrons. The van der Waals surface area contributed by atoms with E-state index in [0.29, 0.717) is 0 Å². The maximum Gasteiger partial charge on any atom is 0.261 e. The molecule has 2 aromatic rings. The molecule has 18 heavy (non-hydrogen) atoms. The van der Waals surface area contributed by atoms with Crippen LogP contribution in [0, 0.1) is 5.82 Å². The number of nitrogens with zero attached hydrogens (tertiary/aromatic N) is 1. The highest BCUT2D eigenvalue weighted by atomic mass is 79.9. The monoisotopic (exact) mass is 330 g/mol. The molecule has 0 aliphatic heterocycles. The van der Waals surface area contributed by atoms with Gasteiger partial charge < -0.3 is 0 Å². The second kappa shape index (κ2) is 5.03. The van der Waals surface area contributed by atoms with Crippen molar-refractivity contribution in [2.24, 2.45) is 0 Å². The summed E-state index contributed by atoms with van der Waals surface area (Å²) in [6.07, 6.45) is 2.23. The number of pyridine rings is 1. The predicted molar refractivity (Wildman–Crippen MR) is 69.1 cm³/mol. The largest absolute Gasteiger partial charge is 0.278 e. The minimum Gasteiger partial charge on any atom is -0.278 e. The molecule has 1 aromatic carbocycles. The van der Waals surface area contributed by atoms with E-state index in [0.717, 1.165) is 16.7 Å². The maximum absolute atomic E-state index is 12.9. The Hall–Kier alpha value is -1.47. The zero-order valence-electron chi connectivity index (χ0n) is 8.97. The number of benzene rings is 1. The molecular formula is C11H8BrFN2O2S. The van der Waals surface area contributed by atoms with Crippen molar-refractivity contribution in [3.05, 3.63) is 53.0 Å². The molecule has 0 aliphatic rings. The van der Waals surface area contributed by atoms with Crippen molar-refractivity contribution >= 4 is 31.6 Å². The number of hydrogen-bond acceptors (Lipinski definition) is 3. The van der Waals surface area contributed by atoms with E-state index in [4.69, 9.17) is 0 Å². The number of rotatable bonds is 3. The Balaban J connectivity index is 2.30. The van der Waals surface area contributed by atoms with E-state index in [2.05, 4.69) is 25.6 Å². The van der Waals surface area contributed by atoms with E-state index >= 15 is 0 Å². The fourth-order valence-electron chi connectivity index (χ4n) is 1.30. The molecule has 0 amide bonds. The predicted octanol–water partition coefficient (Wildman–Crippen LogP) is 2.78. The van der Waals surface area contributed by atoms with Gasteiger partial charge in [-0.1, -0.05) is 15.9 Å². The molecule has 0 aliphatic carbocycles. The fourth-order valence-corrected chi connectivity index (χ4v) is 2.59. The Bertz CT molecular complexity index is 659. The van der Waals surface area contributed by atoms with E-state index in [1.165, 1.54) is 18.3 Å². The minimum atomic E-state index is -3.72. The van der Waals surface area contributed by atoms with Gasteiger partial charge in [-0.05, 0) is 24.3 Å². The number of halogens is 2. The molecule has 0 spiro atoms. The molecule has 0 fully saturated rings. The Kier molecular flexibility index (Phi) is 3.63. The van der Waals surface area contributed by atoms with Gasteiger partial charge >= 0.3 is 0 Å². The highest BCUT2D eigenvalue weighted by Crippen LogP contribution is 2.18. The highest BCUT2D eigenvalue weighted by molar-refractivity contribution is 9.10. The van der Waals surface area contributed by atoms with Crippen LogP contribution in [0.1, 0.15) is 0 Å². The van der Waals surface area contributed by atoms with Crippen molar-refractivity contribution in [3.8, 4) is 0 Å². The molecule has 1 aromatic heterocycles. The van der Waals surface area contributed by atoms with Crippen LogP contribution in [0.5, 0.6) is 0 Å². The van der Waals surface area contributed by atoms with E-state index in [1.807, 2.05) is 0 Å². The topological polar surface area (TPSA) is 59.1 Å². The van der Waals surface area contributed by atoms with E-state index in [-0.39, 0.29) is 10.6 Å². The number of sulfonamides is 1. The summed E-state index contributed by atoms with van der Waals surface area (Å²) in [5.74, 6) is -0.606. The van der Waals surface area contributed by atoms with Crippen LogP contribution in [0.15, 0.2) is 52.1 Å². The van der Waals surface area contributed by atoms with E-state index in [9.17, 15) is 12.8 Å². The molecule has 0 bridgehead atoms. The smallest absolute Gasteiger partial charge is 0.261 e. The van der Waals surface area contributed by atoms with Gasteiger partial charge in [0.15, 0.2) is 0 Å². The third-order valence-electron chi connectivity index (χ3n) is 2.08. The van der Waals surface area contributed by atoms with Gasteiger partial charge in [-0.3, -0.25) is 9.71 Å². The van der Waals surface area contributed by atoms with Gasteiger partial charge in [0.2, 0.25) is 0 Å². The first-order chi connectivity index (χ1) is 8.47. The highest BCUT2D eigenvalue weighted by Gasteiger charge is 2.14. The molecule has 1 N–H and O–H groups in total. The lowest BCUT2D eigenvalue weighted by Gasteiger charge is -2.07. The first-order valence-electron chi connectivity index (χ1n) is 4.86. The molecule has 7 heteroatoms. The summed E-state index contributed by atoms with van der Waals surface area (Å²) in [6.45, 7) is 0. The zero-order chi connectivity index (χ0) is 13.2. The first kappa shape index (κ1) is 13.0. The normalized spacial score (nSPS) is 11.2. The van der Waals surface area contributed by atoms with Crippen molar-refractivity contribution < 1.29 is 12.8 Å². The van der Waals surface area contributed by atoms with Crippen molar-refractivity contribution in [2.75, 3.05) is 4.72 Å². The number of aromatic nitrogens is 1. The number of nitrogens with one attached hydrogen (secondary N) is 1. The molecule has 1 heterocycles. The van der Waals surface area contributed by atoms with Gasteiger partial charge in [-0.15, -0.1) is 0 Å². The molecule has 2 rings (SSSR count). The van der Waals surface area contributed by atoms with Crippen LogP contribution in [-0.2, 0) is 10.0 Å². The minimum absolute atomic E-state index is 0.0814. The average molecular weight is 331 g/mol. The van der Waals surface area contributed by atoms with Gasteiger partial charge in [0.25, 0.3) is 10.0 Å². The quantitative estimate of drug-likeness (QED) is 0.941. The van der Waals surface area contributed by atoms with Crippen LogP contribution < -0.4 is 4.72 Å². The van der Waals surface area contributed by atoms with Gasteiger partial charge in [0.1, 0.15) is 5.82 Å². The number of hydrogen-bond donors (Lipinski definition) is 1. The summed E-state index contributed by atoms with van der Waals surface area (Å²) in [5.41, 5.74) is 0.0814. The van der Waals surface area contributed by atoms with E-state index < -0.39 is 15.8 Å². The van der Waals surface area contributed by atoms with Gasteiger partial charge in [-0.2, -0.15) is 0 Å². The molecule has 4 nitrogen and oxygen atoms in total. The van der Waals surface area contributed by atoms with Crippen molar-refractivity contribution in [1.29, 1.82) is 0 Å². The molecule has 0 saturated heterocycles. The molecule has 0 unspecified atom stereocenters. The average Bonchev–Trinajstić information content (AvgIpc) is 2.29. The van der Waals surface area contributed by atoms with Crippen LogP contribution >= 0.6 is 15.9 Å². The number of anilines is 1. The third kappa shape index (κ3) is 3.05. The Labute approximate surface area is 112 Å². The van der Waals surface area contributed by atoms with Crippen molar-refractivity contribution in [3.63, 3.8) is 0 Å². The third-order valence-corrected chi connectivity index (χ3v) is 4.01. The van der Waals surface area contributed by atoms with E-state index in [1.54, 1.807) is 12.1 Å². The summed E-state index contributed by atoms with van der Waals surface area (Å²) in [7, 11) is -3.72. The lowest BCUT2D eigenvalue weighted by atomic mass is 10.4. The SMILES string of the molecule is O=S(=O)(Nc1cncc(F)c1)c1ccc(Br)cc1. The second-order valence-electron chi connectivity index (χ2n) is 3.45. The Morgan fingerprint density at radius 3 is 2.44 bits per heavy atom. The lowest BCUT2D eigenvalue weighted by molar-refractivity contribution is 0.601. The van der Waals surface area contributed by atoms with Crippen molar-refractivity contribution in [1.82, 2.24) is 4.98 Å². The molecule has 0 atom stereocenters. The summed E-state index contributed by atoms with van der Waals surface area (Å²) >= 11 is 3.21. The van der Waals surface area contributed by atoms with Gasteiger partial charge in [-0.25, -0.2) is 12.8 Å². The maximum atomic E-state index is 12.9. The summed E-state index contributed by atoms with van der Waals surface area (Å²) in [6, 6.07) is 7.17. The van der Waals surface area contributed by atoms with Gasteiger partial charge in [0.05, 0.1) is 23.0 Å². The van der Waals surface area contributed by atoms with Crippen LogP contribution in [0.25, 0.3) is 0 Å². The molecule has 0 saturated carbocycles. The Morgan fingerprint density at radius 2 is 1.83 bits per heavy atom. The lowest BCUT2D eigenvalue weighted by Crippen LogP contribution is -2.13.